The smallest absolute Gasteiger partial charge is 0.205 e. The summed E-state index contributed by atoms with van der Waals surface area (Å²) in [6, 6.07) is 0. The molecule has 0 radical (unpaired) electrons. The maximum atomic E-state index is 5.82. The van der Waals surface area contributed by atoms with Crippen LogP contribution in [0.15, 0.2) is 6.20 Å². The van der Waals surface area contributed by atoms with E-state index in [9.17, 15) is 0 Å². The van der Waals surface area contributed by atoms with Crippen molar-refractivity contribution >= 4 is 5.95 Å². The van der Waals surface area contributed by atoms with Crippen LogP contribution in [0.2, 0.25) is 0 Å². The molecule has 1 aromatic heterocycles. The number of aryl methyl sites for hydroxylation is 2. The van der Waals surface area contributed by atoms with Crippen molar-refractivity contribution in [3.05, 3.63) is 11.9 Å². The number of imidazole rings is 1. The fourth-order valence-corrected chi connectivity index (χ4v) is 2.26. The number of aromatic nitrogens is 2. The second-order valence-electron chi connectivity index (χ2n) is 6.15. The Labute approximate surface area is 123 Å². The van der Waals surface area contributed by atoms with Crippen LogP contribution in [0.25, 0.3) is 0 Å². The Balaban J connectivity index is 2.68. The van der Waals surface area contributed by atoms with Crippen LogP contribution in [0.4, 0.5) is 5.95 Å². The quantitative estimate of drug-likeness (QED) is 0.704. The van der Waals surface area contributed by atoms with E-state index in [1.165, 1.54) is 0 Å². The summed E-state index contributed by atoms with van der Waals surface area (Å²) < 4.78 is 7.61. The van der Waals surface area contributed by atoms with Crippen LogP contribution in [0, 0.1) is 12.3 Å². The first-order valence-corrected chi connectivity index (χ1v) is 7.42. The second-order valence-corrected chi connectivity index (χ2v) is 6.15. The van der Waals surface area contributed by atoms with Crippen LogP contribution in [0.1, 0.15) is 32.9 Å². The van der Waals surface area contributed by atoms with E-state index >= 15 is 0 Å². The molecule has 1 rings (SSSR count). The fraction of sp³-hybridized carbons (Fsp3) is 0.800. The number of nitrogens with two attached hydrogens (primary N) is 1. The van der Waals surface area contributed by atoms with Gasteiger partial charge < -0.3 is 19.9 Å². The molecule has 5 heteroatoms. The van der Waals surface area contributed by atoms with Gasteiger partial charge in [0.05, 0.1) is 5.69 Å². The Morgan fingerprint density at radius 3 is 2.75 bits per heavy atom. The predicted octanol–water partition coefficient (Wildman–Crippen LogP) is 2.04. The highest BCUT2D eigenvalue weighted by Crippen LogP contribution is 2.20. The maximum Gasteiger partial charge on any atom is 0.205 e. The van der Waals surface area contributed by atoms with Crippen molar-refractivity contribution in [3.8, 4) is 0 Å². The molecule has 5 nitrogen and oxygen atoms in total. The third-order valence-electron chi connectivity index (χ3n) is 3.33. The van der Waals surface area contributed by atoms with Crippen LogP contribution in [0.3, 0.4) is 0 Å². The lowest BCUT2D eigenvalue weighted by Gasteiger charge is -2.30. The highest BCUT2D eigenvalue weighted by molar-refractivity contribution is 5.32. The van der Waals surface area contributed by atoms with Gasteiger partial charge in [-0.15, -0.1) is 0 Å². The second kappa shape index (κ2) is 7.64. The van der Waals surface area contributed by atoms with E-state index in [2.05, 4.69) is 41.5 Å². The van der Waals surface area contributed by atoms with Crippen molar-refractivity contribution in [2.75, 3.05) is 38.3 Å². The number of nitrogens with zero attached hydrogens (tertiary/aromatic N) is 3. The maximum absolute atomic E-state index is 5.82. The van der Waals surface area contributed by atoms with Gasteiger partial charge in [0.15, 0.2) is 0 Å². The molecule has 2 N–H and O–H groups in total. The predicted molar refractivity (Wildman–Crippen MR) is 84.2 cm³/mol. The highest BCUT2D eigenvalue weighted by Gasteiger charge is 2.21. The van der Waals surface area contributed by atoms with Gasteiger partial charge in [0.1, 0.15) is 0 Å². The van der Waals surface area contributed by atoms with Crippen molar-refractivity contribution in [1.82, 2.24) is 9.55 Å². The molecule has 0 aromatic carbocycles. The molecule has 0 spiro atoms. The largest absolute Gasteiger partial charge is 0.382 e. The minimum atomic E-state index is 0.0881. The van der Waals surface area contributed by atoms with Gasteiger partial charge >= 0.3 is 0 Å². The molecule has 0 saturated carbocycles. The first-order valence-electron chi connectivity index (χ1n) is 7.42. The van der Waals surface area contributed by atoms with Gasteiger partial charge in [-0.2, -0.15) is 0 Å². The van der Waals surface area contributed by atoms with Gasteiger partial charge in [0.2, 0.25) is 5.95 Å². The van der Waals surface area contributed by atoms with Crippen molar-refractivity contribution in [3.63, 3.8) is 0 Å². The lowest BCUT2D eigenvalue weighted by atomic mass is 9.93. The molecule has 0 saturated heterocycles. The summed E-state index contributed by atoms with van der Waals surface area (Å²) in [7, 11) is 2.08. The summed E-state index contributed by atoms with van der Waals surface area (Å²) in [5, 5.41) is 0. The van der Waals surface area contributed by atoms with Gasteiger partial charge in [-0.05, 0) is 32.2 Å². The van der Waals surface area contributed by atoms with Gasteiger partial charge in [-0.3, -0.25) is 0 Å². The van der Waals surface area contributed by atoms with Gasteiger partial charge in [-0.25, -0.2) is 4.98 Å². The molecule has 0 amide bonds. The normalized spacial score (nSPS) is 11.9. The van der Waals surface area contributed by atoms with Gasteiger partial charge in [0, 0.05) is 39.5 Å². The van der Waals surface area contributed by atoms with Gasteiger partial charge in [-0.1, -0.05) is 13.8 Å². The third-order valence-corrected chi connectivity index (χ3v) is 3.33. The number of rotatable bonds is 9. The molecule has 0 aliphatic carbocycles. The van der Waals surface area contributed by atoms with Crippen LogP contribution in [-0.4, -0.2) is 42.9 Å². The summed E-state index contributed by atoms with van der Waals surface area (Å²) >= 11 is 0. The summed E-state index contributed by atoms with van der Waals surface area (Å²) in [6.07, 6.45) is 3.11. The van der Waals surface area contributed by atoms with E-state index in [0.717, 1.165) is 44.4 Å². The standard InChI is InChI=1S/C15H30N4O/c1-6-20-9-7-8-19-10-13(2)17-14(19)18(5)12-15(3,4)11-16/h10H,6-9,11-12,16H2,1-5H3. The van der Waals surface area contributed by atoms with E-state index in [-0.39, 0.29) is 5.41 Å². The Morgan fingerprint density at radius 2 is 2.15 bits per heavy atom. The number of hydrogen-bond acceptors (Lipinski definition) is 4. The molecule has 20 heavy (non-hydrogen) atoms. The molecule has 0 atom stereocenters. The third kappa shape index (κ3) is 5.13. The lowest BCUT2D eigenvalue weighted by molar-refractivity contribution is 0.141. The number of ether oxygens (including phenoxy) is 1. The SMILES string of the molecule is CCOCCCn1cc(C)nc1N(C)CC(C)(C)CN. The zero-order valence-corrected chi connectivity index (χ0v) is 13.6. The van der Waals surface area contributed by atoms with E-state index in [0.29, 0.717) is 6.54 Å². The van der Waals surface area contributed by atoms with Crippen molar-refractivity contribution in [1.29, 1.82) is 0 Å². The molecule has 0 unspecified atom stereocenters. The van der Waals surface area contributed by atoms with Crippen LogP contribution in [-0.2, 0) is 11.3 Å². The summed E-state index contributed by atoms with van der Waals surface area (Å²) in [6.45, 7) is 12.5. The molecule has 0 bridgehead atoms. The molecule has 0 fully saturated rings. The average Bonchev–Trinajstić information content (AvgIpc) is 2.75. The van der Waals surface area contributed by atoms with E-state index in [1.54, 1.807) is 0 Å². The van der Waals surface area contributed by atoms with Crippen molar-refractivity contribution in [2.24, 2.45) is 11.1 Å². The van der Waals surface area contributed by atoms with Crippen LogP contribution in [0.5, 0.6) is 0 Å². The number of hydrogen-bond donors (Lipinski definition) is 1. The van der Waals surface area contributed by atoms with Crippen molar-refractivity contribution in [2.45, 2.75) is 40.7 Å². The zero-order valence-electron chi connectivity index (χ0n) is 13.6. The van der Waals surface area contributed by atoms with Crippen LogP contribution >= 0.6 is 0 Å². The van der Waals surface area contributed by atoms with Crippen LogP contribution < -0.4 is 10.6 Å². The first kappa shape index (κ1) is 17.0. The molecule has 1 heterocycles. The lowest BCUT2D eigenvalue weighted by Crippen LogP contribution is -2.37. The summed E-state index contributed by atoms with van der Waals surface area (Å²) in [5.41, 5.74) is 6.96. The Hall–Kier alpha value is -1.07. The zero-order chi connectivity index (χ0) is 15.2. The van der Waals surface area contributed by atoms with Crippen molar-refractivity contribution < 1.29 is 4.74 Å². The molecule has 1 aromatic rings. The Bertz CT molecular complexity index is 401. The molecule has 0 aliphatic heterocycles. The minimum absolute atomic E-state index is 0.0881. The monoisotopic (exact) mass is 282 g/mol. The van der Waals surface area contributed by atoms with Gasteiger partial charge in [0.25, 0.3) is 0 Å². The first-order chi connectivity index (χ1) is 9.39. The Kier molecular flexibility index (Phi) is 6.49. The summed E-state index contributed by atoms with van der Waals surface area (Å²) in [4.78, 5) is 6.83. The minimum Gasteiger partial charge on any atom is -0.382 e. The molecule has 116 valence electrons. The fourth-order valence-electron chi connectivity index (χ4n) is 2.26. The van der Waals surface area contributed by atoms with E-state index < -0.39 is 0 Å². The van der Waals surface area contributed by atoms with E-state index in [1.807, 2.05) is 13.8 Å². The summed E-state index contributed by atoms with van der Waals surface area (Å²) in [5.74, 6) is 1.01. The van der Waals surface area contributed by atoms with E-state index in [4.69, 9.17) is 10.5 Å². The molecule has 0 aliphatic rings. The number of anilines is 1. The highest BCUT2D eigenvalue weighted by atomic mass is 16.5. The molecular formula is C15H30N4O. The average molecular weight is 282 g/mol. The Morgan fingerprint density at radius 1 is 1.45 bits per heavy atom. The topological polar surface area (TPSA) is 56.3 Å². The molecular weight excluding hydrogens is 252 g/mol.